The van der Waals surface area contributed by atoms with Gasteiger partial charge in [-0.05, 0) is 49.4 Å². The molecule has 0 aromatic heterocycles. The zero-order chi connectivity index (χ0) is 18.6. The van der Waals surface area contributed by atoms with Gasteiger partial charge in [0.15, 0.2) is 0 Å². The van der Waals surface area contributed by atoms with E-state index in [0.29, 0.717) is 18.6 Å². The van der Waals surface area contributed by atoms with Gasteiger partial charge in [0, 0.05) is 18.6 Å². The third-order valence-corrected chi connectivity index (χ3v) is 6.09. The van der Waals surface area contributed by atoms with Crippen LogP contribution in [0.15, 0.2) is 54.6 Å². The zero-order valence-corrected chi connectivity index (χ0v) is 15.9. The Morgan fingerprint density at radius 3 is 2.74 bits per heavy atom. The summed E-state index contributed by atoms with van der Waals surface area (Å²) in [6.07, 6.45) is 4.04. The van der Waals surface area contributed by atoms with E-state index in [1.165, 1.54) is 12.0 Å². The Morgan fingerprint density at radius 1 is 1.15 bits per heavy atom. The van der Waals surface area contributed by atoms with Crippen molar-refractivity contribution in [2.75, 3.05) is 20.2 Å². The van der Waals surface area contributed by atoms with Gasteiger partial charge in [0.05, 0.1) is 13.0 Å². The lowest BCUT2D eigenvalue weighted by Gasteiger charge is -2.24. The fraction of sp³-hybridized carbons (Fsp3) is 0.435. The third kappa shape index (κ3) is 3.72. The highest BCUT2D eigenvalue weighted by atomic mass is 16.5. The molecule has 4 nitrogen and oxygen atoms in total. The summed E-state index contributed by atoms with van der Waals surface area (Å²) < 4.78 is 5.40. The highest BCUT2D eigenvalue weighted by molar-refractivity contribution is 5.80. The molecule has 0 saturated carbocycles. The largest absolute Gasteiger partial charge is 0.496 e. The summed E-state index contributed by atoms with van der Waals surface area (Å²) in [6.45, 7) is 1.76. The topological polar surface area (TPSA) is 41.6 Å². The summed E-state index contributed by atoms with van der Waals surface area (Å²) >= 11 is 0. The Hall–Kier alpha value is -2.33. The molecule has 3 atom stereocenters. The van der Waals surface area contributed by atoms with Crippen molar-refractivity contribution in [3.8, 4) is 5.75 Å². The molecule has 2 aromatic rings. The third-order valence-electron chi connectivity index (χ3n) is 6.09. The van der Waals surface area contributed by atoms with E-state index in [2.05, 4.69) is 46.6 Å². The molecule has 2 saturated heterocycles. The van der Waals surface area contributed by atoms with Gasteiger partial charge in [-0.25, -0.2) is 0 Å². The monoisotopic (exact) mass is 364 g/mol. The Morgan fingerprint density at radius 2 is 1.93 bits per heavy atom. The van der Waals surface area contributed by atoms with Crippen molar-refractivity contribution in [3.05, 3.63) is 65.7 Å². The fourth-order valence-corrected chi connectivity index (χ4v) is 4.81. The van der Waals surface area contributed by atoms with Gasteiger partial charge in [0.1, 0.15) is 5.75 Å². The molecule has 4 rings (SSSR count). The van der Waals surface area contributed by atoms with E-state index < -0.39 is 0 Å². The molecule has 2 aliphatic heterocycles. The number of fused-ring (bicyclic) bond motifs is 1. The van der Waals surface area contributed by atoms with Crippen LogP contribution in [-0.2, 0) is 11.2 Å². The SMILES string of the molecule is COc1ccccc1CCNC(=O)[C@H]1C[C@@H](c2ccccc2)N2CCC[C@H]12. The minimum atomic E-state index is 0.0929. The summed E-state index contributed by atoms with van der Waals surface area (Å²) in [7, 11) is 1.69. The van der Waals surface area contributed by atoms with Crippen molar-refractivity contribution in [3.63, 3.8) is 0 Å². The van der Waals surface area contributed by atoms with Crippen LogP contribution in [0, 0.1) is 5.92 Å². The molecule has 27 heavy (non-hydrogen) atoms. The van der Waals surface area contributed by atoms with Crippen LogP contribution < -0.4 is 10.1 Å². The summed E-state index contributed by atoms with van der Waals surface area (Å²) in [6, 6.07) is 19.4. The number of para-hydroxylation sites is 1. The predicted molar refractivity (Wildman–Crippen MR) is 107 cm³/mol. The summed E-state index contributed by atoms with van der Waals surface area (Å²) in [5.74, 6) is 1.19. The number of hydrogen-bond donors (Lipinski definition) is 1. The van der Waals surface area contributed by atoms with E-state index in [1.54, 1.807) is 7.11 Å². The summed E-state index contributed by atoms with van der Waals surface area (Å²) in [5, 5.41) is 3.19. The number of carbonyl (C=O) groups excluding carboxylic acids is 1. The average molecular weight is 364 g/mol. The van der Waals surface area contributed by atoms with Gasteiger partial charge in [0.2, 0.25) is 5.91 Å². The van der Waals surface area contributed by atoms with Crippen LogP contribution in [0.3, 0.4) is 0 Å². The molecule has 1 amide bonds. The Labute approximate surface area is 161 Å². The number of benzene rings is 2. The molecule has 142 valence electrons. The van der Waals surface area contributed by atoms with Gasteiger partial charge < -0.3 is 10.1 Å². The molecule has 2 aromatic carbocycles. The van der Waals surface area contributed by atoms with E-state index in [4.69, 9.17) is 4.74 Å². The molecule has 2 fully saturated rings. The van der Waals surface area contributed by atoms with Crippen LogP contribution in [0.5, 0.6) is 5.75 Å². The number of nitrogens with zero attached hydrogens (tertiary/aromatic N) is 1. The van der Waals surface area contributed by atoms with Crippen molar-refractivity contribution in [2.24, 2.45) is 5.92 Å². The first kappa shape index (κ1) is 18.1. The first-order chi connectivity index (χ1) is 13.3. The summed E-state index contributed by atoms with van der Waals surface area (Å²) in [5.41, 5.74) is 2.48. The summed E-state index contributed by atoms with van der Waals surface area (Å²) in [4.78, 5) is 15.5. The van der Waals surface area contributed by atoms with Gasteiger partial charge in [-0.3, -0.25) is 9.69 Å². The molecule has 1 N–H and O–H groups in total. The van der Waals surface area contributed by atoms with Gasteiger partial charge in [-0.2, -0.15) is 0 Å². The Bertz CT molecular complexity index is 777. The molecule has 2 heterocycles. The molecule has 2 aliphatic rings. The first-order valence-corrected chi connectivity index (χ1v) is 9.98. The second-order valence-electron chi connectivity index (χ2n) is 7.57. The Kier molecular flexibility index (Phi) is 5.44. The van der Waals surface area contributed by atoms with E-state index in [1.807, 2.05) is 18.2 Å². The predicted octanol–water partition coefficient (Wildman–Crippen LogP) is 3.58. The minimum Gasteiger partial charge on any atom is -0.496 e. The average Bonchev–Trinajstić information content (AvgIpc) is 3.31. The van der Waals surface area contributed by atoms with Crippen molar-refractivity contribution in [1.82, 2.24) is 10.2 Å². The van der Waals surface area contributed by atoms with Crippen molar-refractivity contribution in [1.29, 1.82) is 0 Å². The zero-order valence-electron chi connectivity index (χ0n) is 15.9. The standard InChI is InChI=1S/C23H28N2O2/c1-27-22-12-6-5-10-18(22)13-14-24-23(26)19-16-21(17-8-3-2-4-9-17)25-15-7-11-20(19)25/h2-6,8-10,12,19-21H,7,11,13-16H2,1H3,(H,24,26)/t19-,20+,21-/m0/s1. The quantitative estimate of drug-likeness (QED) is 0.852. The van der Waals surface area contributed by atoms with Crippen LogP contribution in [0.4, 0.5) is 0 Å². The van der Waals surface area contributed by atoms with Gasteiger partial charge in [-0.15, -0.1) is 0 Å². The number of ether oxygens (including phenoxy) is 1. The van der Waals surface area contributed by atoms with Crippen LogP contribution >= 0.6 is 0 Å². The normalized spacial score (nSPS) is 24.6. The first-order valence-electron chi connectivity index (χ1n) is 9.98. The number of rotatable bonds is 6. The van der Waals surface area contributed by atoms with Crippen molar-refractivity contribution in [2.45, 2.75) is 37.8 Å². The molecule has 0 spiro atoms. The number of carbonyl (C=O) groups is 1. The van der Waals surface area contributed by atoms with E-state index in [-0.39, 0.29) is 11.8 Å². The molecular weight excluding hydrogens is 336 g/mol. The lowest BCUT2D eigenvalue weighted by atomic mass is 9.93. The maximum Gasteiger partial charge on any atom is 0.224 e. The number of amides is 1. The molecule has 0 radical (unpaired) electrons. The smallest absolute Gasteiger partial charge is 0.224 e. The molecular formula is C23H28N2O2. The number of methoxy groups -OCH3 is 1. The van der Waals surface area contributed by atoms with Crippen molar-refractivity contribution >= 4 is 5.91 Å². The highest BCUT2D eigenvalue weighted by Crippen LogP contribution is 2.44. The molecule has 0 bridgehead atoms. The van der Waals surface area contributed by atoms with Crippen LogP contribution in [0.25, 0.3) is 0 Å². The minimum absolute atomic E-state index is 0.0929. The lowest BCUT2D eigenvalue weighted by Crippen LogP contribution is -2.38. The van der Waals surface area contributed by atoms with Crippen LogP contribution in [0.2, 0.25) is 0 Å². The fourth-order valence-electron chi connectivity index (χ4n) is 4.81. The van der Waals surface area contributed by atoms with Gasteiger partial charge in [0.25, 0.3) is 0 Å². The molecule has 0 aliphatic carbocycles. The van der Waals surface area contributed by atoms with Gasteiger partial charge in [-0.1, -0.05) is 48.5 Å². The number of hydrogen-bond acceptors (Lipinski definition) is 3. The second-order valence-corrected chi connectivity index (χ2v) is 7.57. The van der Waals surface area contributed by atoms with E-state index in [0.717, 1.165) is 37.1 Å². The lowest BCUT2D eigenvalue weighted by molar-refractivity contribution is -0.125. The maximum atomic E-state index is 12.9. The molecule has 4 heteroatoms. The maximum absolute atomic E-state index is 12.9. The Balaban J connectivity index is 1.38. The van der Waals surface area contributed by atoms with Gasteiger partial charge >= 0.3 is 0 Å². The second kappa shape index (κ2) is 8.13. The van der Waals surface area contributed by atoms with Crippen LogP contribution in [0.1, 0.15) is 36.4 Å². The number of nitrogens with one attached hydrogen (secondary N) is 1. The molecule has 0 unspecified atom stereocenters. The highest BCUT2D eigenvalue weighted by Gasteiger charge is 2.46. The van der Waals surface area contributed by atoms with Crippen molar-refractivity contribution < 1.29 is 9.53 Å². The van der Waals surface area contributed by atoms with Crippen LogP contribution in [-0.4, -0.2) is 37.0 Å². The van der Waals surface area contributed by atoms with E-state index in [9.17, 15) is 4.79 Å². The van der Waals surface area contributed by atoms with E-state index >= 15 is 0 Å².